The Morgan fingerprint density at radius 2 is 2.07 bits per heavy atom. The van der Waals surface area contributed by atoms with E-state index in [1.165, 1.54) is 4.90 Å². The quantitative estimate of drug-likeness (QED) is 0.695. The average molecular weight is 223 g/mol. The molecule has 0 spiro atoms. The first-order valence-electron chi connectivity index (χ1n) is 4.74. The third-order valence-corrected chi connectivity index (χ3v) is 2.32. The molecule has 2 saturated heterocycles. The Labute approximate surface area is 85.1 Å². The summed E-state index contributed by atoms with van der Waals surface area (Å²) in [6.07, 6.45) is -4.30. The minimum Gasteiger partial charge on any atom is -0.390 e. The van der Waals surface area contributed by atoms with Crippen molar-refractivity contribution in [2.75, 3.05) is 32.7 Å². The fourth-order valence-corrected chi connectivity index (χ4v) is 1.42. The number of rotatable bonds is 3. The van der Waals surface area contributed by atoms with Gasteiger partial charge in [0.05, 0.1) is 12.3 Å². The monoisotopic (exact) mass is 223 g/mol. The summed E-state index contributed by atoms with van der Waals surface area (Å²) in [4.78, 5) is 6.36. The predicted molar refractivity (Wildman–Crippen MR) is 47.7 cm³/mol. The fourth-order valence-electron chi connectivity index (χ4n) is 1.42. The second kappa shape index (κ2) is 3.97. The molecule has 1 N–H and O–H groups in total. The molecule has 2 rings (SSSR count). The second-order valence-electron chi connectivity index (χ2n) is 3.80. The summed E-state index contributed by atoms with van der Waals surface area (Å²) >= 11 is 0. The highest BCUT2D eigenvalue weighted by molar-refractivity contribution is 5.92. The van der Waals surface area contributed by atoms with Crippen LogP contribution in [-0.2, 0) is 4.84 Å². The zero-order chi connectivity index (χ0) is 10.9. The summed E-state index contributed by atoms with van der Waals surface area (Å²) in [5, 5.41) is 6.82. The van der Waals surface area contributed by atoms with E-state index in [9.17, 15) is 13.2 Å². The highest BCUT2D eigenvalue weighted by Crippen LogP contribution is 2.21. The van der Waals surface area contributed by atoms with Crippen molar-refractivity contribution in [1.82, 2.24) is 10.2 Å². The Balaban J connectivity index is 1.61. The second-order valence-corrected chi connectivity index (χ2v) is 3.80. The number of hydrogen-bond donors (Lipinski definition) is 1. The molecule has 0 aromatic heterocycles. The van der Waals surface area contributed by atoms with Crippen LogP contribution in [0.15, 0.2) is 5.16 Å². The normalized spacial score (nSPS) is 23.3. The fraction of sp³-hybridized carbons (Fsp3) is 0.875. The first-order chi connectivity index (χ1) is 7.03. The molecule has 2 heterocycles. The van der Waals surface area contributed by atoms with Gasteiger partial charge in [0.1, 0.15) is 0 Å². The van der Waals surface area contributed by atoms with E-state index in [0.29, 0.717) is 13.1 Å². The van der Waals surface area contributed by atoms with E-state index < -0.39 is 12.7 Å². The molecular formula is C8H12F3N3O. The van der Waals surface area contributed by atoms with Gasteiger partial charge in [0, 0.05) is 26.2 Å². The van der Waals surface area contributed by atoms with Crippen molar-refractivity contribution in [3.8, 4) is 0 Å². The molecule has 0 bridgehead atoms. The van der Waals surface area contributed by atoms with Gasteiger partial charge < -0.3 is 10.2 Å². The van der Waals surface area contributed by atoms with Crippen molar-refractivity contribution in [3.05, 3.63) is 0 Å². The van der Waals surface area contributed by atoms with Gasteiger partial charge >= 0.3 is 6.18 Å². The number of alkyl halides is 3. The van der Waals surface area contributed by atoms with Crippen LogP contribution >= 0.6 is 0 Å². The molecule has 0 aliphatic carbocycles. The molecule has 0 atom stereocenters. The van der Waals surface area contributed by atoms with Crippen LogP contribution in [0, 0.1) is 0 Å². The average Bonchev–Trinajstić information content (AvgIpc) is 1.93. The maximum Gasteiger partial charge on any atom is 0.401 e. The highest BCUT2D eigenvalue weighted by atomic mass is 19.4. The summed E-state index contributed by atoms with van der Waals surface area (Å²) in [6, 6.07) is 0. The van der Waals surface area contributed by atoms with Crippen LogP contribution in [0.4, 0.5) is 13.2 Å². The summed E-state index contributed by atoms with van der Waals surface area (Å²) in [5.74, 6) is 0. The largest absolute Gasteiger partial charge is 0.401 e. The van der Waals surface area contributed by atoms with Gasteiger partial charge in [0.2, 0.25) is 0 Å². The topological polar surface area (TPSA) is 36.9 Å². The first-order valence-corrected chi connectivity index (χ1v) is 4.74. The molecule has 4 nitrogen and oxygen atoms in total. The van der Waals surface area contributed by atoms with E-state index >= 15 is 0 Å². The Kier molecular flexibility index (Phi) is 2.83. The van der Waals surface area contributed by atoms with Crippen molar-refractivity contribution >= 4 is 5.71 Å². The van der Waals surface area contributed by atoms with Crippen LogP contribution in [-0.4, -0.2) is 55.6 Å². The van der Waals surface area contributed by atoms with Crippen LogP contribution in [0.5, 0.6) is 0 Å². The molecule has 2 fully saturated rings. The smallest absolute Gasteiger partial charge is 0.390 e. The molecule has 0 unspecified atom stereocenters. The Morgan fingerprint density at radius 1 is 1.40 bits per heavy atom. The third kappa shape index (κ3) is 3.07. The van der Waals surface area contributed by atoms with Crippen molar-refractivity contribution in [2.24, 2.45) is 5.16 Å². The molecule has 15 heavy (non-hydrogen) atoms. The number of nitrogens with zero attached hydrogens (tertiary/aromatic N) is 2. The first kappa shape index (κ1) is 10.7. The van der Waals surface area contributed by atoms with E-state index in [4.69, 9.17) is 4.84 Å². The minimum atomic E-state index is -4.12. The Morgan fingerprint density at radius 3 is 2.53 bits per heavy atom. The maximum atomic E-state index is 11.9. The van der Waals surface area contributed by atoms with Crippen molar-refractivity contribution in [1.29, 1.82) is 0 Å². The van der Waals surface area contributed by atoms with E-state index in [1.807, 2.05) is 0 Å². The Bertz CT molecular complexity index is 254. The minimum absolute atomic E-state index is 0.180. The molecule has 2 aliphatic rings. The van der Waals surface area contributed by atoms with Gasteiger partial charge in [0.25, 0.3) is 0 Å². The Hall–Kier alpha value is -0.820. The molecule has 86 valence electrons. The number of oxime groups is 1. The summed E-state index contributed by atoms with van der Waals surface area (Å²) in [6.45, 7) is 1.20. The molecule has 0 saturated carbocycles. The number of hydrogen-bond acceptors (Lipinski definition) is 4. The lowest BCUT2D eigenvalue weighted by Crippen LogP contribution is -2.54. The lowest BCUT2D eigenvalue weighted by molar-refractivity contribution is -0.170. The zero-order valence-electron chi connectivity index (χ0n) is 8.05. The van der Waals surface area contributed by atoms with Crippen LogP contribution in [0.2, 0.25) is 0 Å². The number of likely N-dealkylation sites (tertiary alicyclic amines) is 1. The summed E-state index contributed by atoms with van der Waals surface area (Å²) in [5.41, 5.74) is 0.921. The van der Waals surface area contributed by atoms with Gasteiger partial charge in [-0.05, 0) is 0 Å². The molecule has 7 heteroatoms. The van der Waals surface area contributed by atoms with Crippen LogP contribution in [0.25, 0.3) is 0 Å². The van der Waals surface area contributed by atoms with Gasteiger partial charge in [-0.25, -0.2) is 0 Å². The molecule has 2 aliphatic heterocycles. The van der Waals surface area contributed by atoms with Crippen LogP contribution in [0.3, 0.4) is 0 Å². The zero-order valence-corrected chi connectivity index (χ0v) is 8.05. The molecule has 0 radical (unpaired) electrons. The van der Waals surface area contributed by atoms with Gasteiger partial charge in [-0.2, -0.15) is 13.2 Å². The molecular weight excluding hydrogens is 211 g/mol. The van der Waals surface area contributed by atoms with E-state index in [0.717, 1.165) is 18.8 Å². The SMILES string of the molecule is FC(F)(F)CN1CC(ON=C2CNC2)C1. The lowest BCUT2D eigenvalue weighted by atomic mass is 10.2. The lowest BCUT2D eigenvalue weighted by Gasteiger charge is -2.37. The van der Waals surface area contributed by atoms with Gasteiger partial charge in [-0.1, -0.05) is 5.16 Å². The standard InChI is InChI=1S/C8H12F3N3O/c9-8(10,11)5-14-3-7(4-14)15-13-6-1-12-2-6/h7,12H,1-5H2. The van der Waals surface area contributed by atoms with Crippen molar-refractivity contribution in [2.45, 2.75) is 12.3 Å². The molecule has 0 amide bonds. The summed E-state index contributed by atoms with van der Waals surface area (Å²) in [7, 11) is 0. The van der Waals surface area contributed by atoms with Crippen LogP contribution < -0.4 is 5.32 Å². The van der Waals surface area contributed by atoms with E-state index in [2.05, 4.69) is 10.5 Å². The van der Waals surface area contributed by atoms with Gasteiger partial charge in [0.15, 0.2) is 6.10 Å². The van der Waals surface area contributed by atoms with Crippen molar-refractivity contribution < 1.29 is 18.0 Å². The van der Waals surface area contributed by atoms with E-state index in [-0.39, 0.29) is 6.10 Å². The third-order valence-electron chi connectivity index (χ3n) is 2.32. The highest BCUT2D eigenvalue weighted by Gasteiger charge is 2.38. The van der Waals surface area contributed by atoms with Gasteiger partial charge in [-0.3, -0.25) is 4.90 Å². The summed E-state index contributed by atoms with van der Waals surface area (Å²) < 4.78 is 35.7. The maximum absolute atomic E-state index is 11.9. The molecule has 0 aromatic rings. The molecule has 0 aromatic carbocycles. The van der Waals surface area contributed by atoms with Gasteiger partial charge in [-0.15, -0.1) is 0 Å². The number of nitrogens with one attached hydrogen (secondary N) is 1. The predicted octanol–water partition coefficient (Wildman–Crippen LogP) is 0.209. The number of halogens is 3. The van der Waals surface area contributed by atoms with Crippen LogP contribution in [0.1, 0.15) is 0 Å². The van der Waals surface area contributed by atoms with Crippen molar-refractivity contribution in [3.63, 3.8) is 0 Å². The van der Waals surface area contributed by atoms with E-state index in [1.54, 1.807) is 0 Å².